The molecule has 0 amide bonds. The molecule has 5 heteroatoms. The summed E-state index contributed by atoms with van der Waals surface area (Å²) in [5, 5.41) is 9.78. The zero-order valence-electron chi connectivity index (χ0n) is 25.4. The van der Waals surface area contributed by atoms with Crippen molar-refractivity contribution in [1.29, 1.82) is 0 Å². The number of rotatable bonds is 5. The molecule has 5 aromatic carbocycles. The number of fused-ring (bicyclic) bond motifs is 3. The molecule has 0 aromatic heterocycles. The number of benzene rings is 5. The fraction of sp³-hybridized carbons (Fsp3) is 0.175. The third-order valence-corrected chi connectivity index (χ3v) is 10.1. The SMILES string of the molecule is Cc1ccc(C2=NOC3(c4ccccc4)C2(C)C(=O)C2(c4ccccc4)ON=C(c4ccc(C)cc4)C23c2ccccc2)cc1. The monoisotopic (exact) mass is 588 g/mol. The van der Waals surface area contributed by atoms with Crippen LogP contribution in [0.1, 0.15) is 45.9 Å². The minimum atomic E-state index is -1.59. The van der Waals surface area contributed by atoms with E-state index in [-0.39, 0.29) is 5.78 Å². The van der Waals surface area contributed by atoms with E-state index < -0.39 is 22.0 Å². The molecule has 1 saturated carbocycles. The van der Waals surface area contributed by atoms with E-state index in [0.717, 1.165) is 33.4 Å². The van der Waals surface area contributed by atoms with Gasteiger partial charge in [0.15, 0.2) is 0 Å². The van der Waals surface area contributed by atoms with Crippen LogP contribution < -0.4 is 0 Å². The number of ketones is 1. The Kier molecular flexibility index (Phi) is 5.82. The van der Waals surface area contributed by atoms with Crippen LogP contribution in [-0.2, 0) is 31.1 Å². The minimum absolute atomic E-state index is 0.156. The topological polar surface area (TPSA) is 60.2 Å². The van der Waals surface area contributed by atoms with E-state index >= 15 is 4.79 Å². The van der Waals surface area contributed by atoms with Crippen molar-refractivity contribution in [1.82, 2.24) is 0 Å². The Hall–Kier alpha value is -5.29. The van der Waals surface area contributed by atoms with Crippen molar-refractivity contribution in [2.75, 3.05) is 0 Å². The highest BCUT2D eigenvalue weighted by atomic mass is 16.7. The Morgan fingerprint density at radius 1 is 0.511 bits per heavy atom. The van der Waals surface area contributed by atoms with Crippen LogP contribution in [0.15, 0.2) is 150 Å². The van der Waals surface area contributed by atoms with Crippen LogP contribution in [0.25, 0.3) is 0 Å². The molecule has 5 aromatic rings. The number of hydrogen-bond acceptors (Lipinski definition) is 5. The molecule has 220 valence electrons. The number of aryl methyl sites for hydroxylation is 2. The summed E-state index contributed by atoms with van der Waals surface area (Å²) < 4.78 is 0. The zero-order chi connectivity index (χ0) is 30.9. The predicted octanol–water partition coefficient (Wildman–Crippen LogP) is 7.79. The van der Waals surface area contributed by atoms with Gasteiger partial charge in [0.25, 0.3) is 0 Å². The van der Waals surface area contributed by atoms with E-state index in [1.54, 1.807) is 0 Å². The molecule has 5 nitrogen and oxygen atoms in total. The minimum Gasteiger partial charge on any atom is -0.381 e. The number of hydrogen-bond donors (Lipinski definition) is 0. The molecule has 8 rings (SSSR count). The van der Waals surface area contributed by atoms with Crippen molar-refractivity contribution in [2.45, 2.75) is 37.4 Å². The molecule has 0 N–H and O–H groups in total. The molecular weight excluding hydrogens is 556 g/mol. The van der Waals surface area contributed by atoms with E-state index in [9.17, 15) is 0 Å². The van der Waals surface area contributed by atoms with Crippen LogP contribution in [0.5, 0.6) is 0 Å². The molecule has 0 saturated heterocycles. The van der Waals surface area contributed by atoms with Gasteiger partial charge in [0.2, 0.25) is 17.0 Å². The molecule has 0 bridgehead atoms. The molecule has 3 aliphatic rings. The van der Waals surface area contributed by atoms with Crippen molar-refractivity contribution in [2.24, 2.45) is 15.7 Å². The largest absolute Gasteiger partial charge is 0.381 e. The van der Waals surface area contributed by atoms with Crippen LogP contribution in [0, 0.1) is 19.3 Å². The highest BCUT2D eigenvalue weighted by molar-refractivity contribution is 6.29. The summed E-state index contributed by atoms with van der Waals surface area (Å²) in [4.78, 5) is 29.8. The van der Waals surface area contributed by atoms with Crippen molar-refractivity contribution < 1.29 is 14.5 Å². The van der Waals surface area contributed by atoms with Crippen LogP contribution >= 0.6 is 0 Å². The standard InChI is InChI=1S/C40H32N2O3/c1-27-19-23-29(24-20-27)34-37(3)36(43)39(32-15-9-5-10-16-32)38(31-13-7-4-8-14-31,35(42-44-39)30-25-21-28(2)22-26-30)40(37,45-41-34)33-17-11-6-12-18-33/h4-26H,1-3H3. The number of Topliss-reactive ketones (excluding diaryl/α,β-unsaturated/α-hetero) is 1. The highest BCUT2D eigenvalue weighted by Crippen LogP contribution is 2.76. The summed E-state index contributed by atoms with van der Waals surface area (Å²) in [5.41, 5.74) is 1.90. The lowest BCUT2D eigenvalue weighted by Gasteiger charge is -2.48. The van der Waals surface area contributed by atoms with E-state index in [0.29, 0.717) is 17.0 Å². The van der Waals surface area contributed by atoms with Gasteiger partial charge in [-0.3, -0.25) is 4.79 Å². The first kappa shape index (κ1) is 27.3. The van der Waals surface area contributed by atoms with Gasteiger partial charge in [-0.15, -0.1) is 0 Å². The summed E-state index contributed by atoms with van der Waals surface area (Å²) in [7, 11) is 0. The maximum atomic E-state index is 16.0. The van der Waals surface area contributed by atoms with Crippen molar-refractivity contribution in [3.8, 4) is 0 Å². The quantitative estimate of drug-likeness (QED) is 0.211. The molecule has 2 heterocycles. The number of carbonyl (C=O) groups is 1. The maximum absolute atomic E-state index is 16.0. The fourth-order valence-electron chi connectivity index (χ4n) is 8.14. The number of oxime groups is 2. The summed E-state index contributed by atoms with van der Waals surface area (Å²) in [5.74, 6) is -0.156. The third-order valence-electron chi connectivity index (χ3n) is 10.1. The van der Waals surface area contributed by atoms with Crippen LogP contribution in [0.4, 0.5) is 0 Å². The Morgan fingerprint density at radius 2 is 0.956 bits per heavy atom. The van der Waals surface area contributed by atoms with Gasteiger partial charge in [0, 0.05) is 22.3 Å². The van der Waals surface area contributed by atoms with Gasteiger partial charge in [-0.2, -0.15) is 0 Å². The molecule has 1 fully saturated rings. The Bertz CT molecular complexity index is 1990. The van der Waals surface area contributed by atoms with E-state index in [1.165, 1.54) is 0 Å². The van der Waals surface area contributed by atoms with Crippen LogP contribution in [-0.4, -0.2) is 17.2 Å². The fourth-order valence-corrected chi connectivity index (χ4v) is 8.14. The van der Waals surface area contributed by atoms with Crippen molar-refractivity contribution in [3.05, 3.63) is 178 Å². The lowest BCUT2D eigenvalue weighted by Crippen LogP contribution is -2.61. The predicted molar refractivity (Wildman–Crippen MR) is 175 cm³/mol. The molecule has 45 heavy (non-hydrogen) atoms. The lowest BCUT2D eigenvalue weighted by molar-refractivity contribution is -0.147. The molecule has 4 unspecified atom stereocenters. The first-order valence-electron chi connectivity index (χ1n) is 15.3. The van der Waals surface area contributed by atoms with E-state index in [1.807, 2.05) is 117 Å². The van der Waals surface area contributed by atoms with Gasteiger partial charge in [-0.1, -0.05) is 161 Å². The molecule has 4 atom stereocenters. The van der Waals surface area contributed by atoms with Crippen LogP contribution in [0.2, 0.25) is 0 Å². The average molecular weight is 589 g/mol. The number of carbonyl (C=O) groups excluding carboxylic acids is 1. The molecule has 1 aliphatic carbocycles. The zero-order valence-corrected chi connectivity index (χ0v) is 25.4. The Labute approximate surface area is 262 Å². The lowest BCUT2D eigenvalue weighted by atomic mass is 9.53. The smallest absolute Gasteiger partial charge is 0.240 e. The average Bonchev–Trinajstić information content (AvgIpc) is 3.65. The second-order valence-electron chi connectivity index (χ2n) is 12.5. The van der Waals surface area contributed by atoms with Crippen molar-refractivity contribution >= 4 is 17.2 Å². The summed E-state index contributed by atoms with van der Waals surface area (Å²) in [6.45, 7) is 6.09. The van der Waals surface area contributed by atoms with E-state index in [2.05, 4.69) is 43.3 Å². The van der Waals surface area contributed by atoms with Crippen molar-refractivity contribution in [3.63, 3.8) is 0 Å². The summed E-state index contributed by atoms with van der Waals surface area (Å²) in [6, 6.07) is 46.3. The second kappa shape index (κ2) is 9.60. The summed E-state index contributed by atoms with van der Waals surface area (Å²) in [6.07, 6.45) is 0. The molecule has 0 radical (unpaired) electrons. The van der Waals surface area contributed by atoms with E-state index in [4.69, 9.17) is 20.0 Å². The van der Waals surface area contributed by atoms with Gasteiger partial charge < -0.3 is 9.68 Å². The van der Waals surface area contributed by atoms with Gasteiger partial charge >= 0.3 is 0 Å². The Balaban J connectivity index is 1.57. The van der Waals surface area contributed by atoms with Gasteiger partial charge in [0.05, 0.1) is 0 Å². The van der Waals surface area contributed by atoms with Gasteiger partial charge in [-0.25, -0.2) is 0 Å². The second-order valence-corrected chi connectivity index (χ2v) is 12.5. The Morgan fingerprint density at radius 3 is 1.49 bits per heavy atom. The van der Waals surface area contributed by atoms with Gasteiger partial charge in [-0.05, 0) is 26.3 Å². The third kappa shape index (κ3) is 3.20. The maximum Gasteiger partial charge on any atom is 0.240 e. The molecule has 0 spiro atoms. The number of nitrogens with zero attached hydrogens (tertiary/aromatic N) is 2. The molecule has 2 aliphatic heterocycles. The normalized spacial score (nSPS) is 28.0. The van der Waals surface area contributed by atoms with Crippen LogP contribution in [0.3, 0.4) is 0 Å². The molecular formula is C40H32N2O3. The van der Waals surface area contributed by atoms with Gasteiger partial charge in [0.1, 0.15) is 22.3 Å². The first-order chi connectivity index (χ1) is 21.9. The summed E-state index contributed by atoms with van der Waals surface area (Å²) >= 11 is 0. The highest BCUT2D eigenvalue weighted by Gasteiger charge is 2.92. The first-order valence-corrected chi connectivity index (χ1v) is 15.3.